The van der Waals surface area contributed by atoms with Gasteiger partial charge in [-0.05, 0) is 51.4 Å². The van der Waals surface area contributed by atoms with Crippen LogP contribution in [0.5, 0.6) is 0 Å². The Morgan fingerprint density at radius 1 is 0.648 bits per heavy atom. The lowest BCUT2D eigenvalue weighted by Crippen LogP contribution is -2.46. The maximum atomic E-state index is 12.8. The molecule has 0 aliphatic rings. The van der Waals surface area contributed by atoms with Crippen LogP contribution in [0.4, 0.5) is 0 Å². The minimum absolute atomic E-state index is 0.0470. The van der Waals surface area contributed by atoms with Crippen LogP contribution < -0.4 is 11.1 Å². The lowest BCUT2D eigenvalue weighted by molar-refractivity contribution is -0.124. The first-order valence-corrected chi connectivity index (χ1v) is 23.7. The third-order valence-corrected chi connectivity index (χ3v) is 10.7. The van der Waals surface area contributed by atoms with Crippen molar-refractivity contribution in [2.45, 2.75) is 218 Å². The van der Waals surface area contributed by atoms with Crippen molar-refractivity contribution in [3.63, 3.8) is 0 Å². The van der Waals surface area contributed by atoms with Crippen molar-refractivity contribution in [3.05, 3.63) is 36.5 Å². The Kier molecular flexibility index (Phi) is 38.9. The van der Waals surface area contributed by atoms with Crippen LogP contribution in [0.3, 0.4) is 0 Å². The van der Waals surface area contributed by atoms with Crippen LogP contribution in [0, 0.1) is 0 Å². The standard InChI is InChI=1S/C44H85N2O7P/c1-3-5-7-9-11-13-15-17-19-20-22-24-26-28-30-32-34-36-43(48)42(40-53-54(50,51)52-38-37-45)46-44(49)39-41(47)35-33-31-29-27-25-23-21-18-16-14-12-10-8-6-4-2/h12,14,18,21,34,36,41-43,47-48H,3-11,13,15-17,19-20,22-33,35,37-40,45H2,1-2H3,(H,46,49)(H,50,51)/b14-12-,21-18-,36-34+. The highest BCUT2D eigenvalue weighted by Gasteiger charge is 2.27. The fraction of sp³-hybridized carbons (Fsp3) is 0.841. The van der Waals surface area contributed by atoms with E-state index >= 15 is 0 Å². The van der Waals surface area contributed by atoms with Crippen molar-refractivity contribution >= 4 is 13.7 Å². The van der Waals surface area contributed by atoms with Crippen molar-refractivity contribution in [3.8, 4) is 0 Å². The molecule has 0 rings (SSSR count). The zero-order valence-corrected chi connectivity index (χ0v) is 35.7. The van der Waals surface area contributed by atoms with Gasteiger partial charge >= 0.3 is 7.82 Å². The highest BCUT2D eigenvalue weighted by molar-refractivity contribution is 7.47. The molecule has 6 N–H and O–H groups in total. The van der Waals surface area contributed by atoms with Crippen LogP contribution >= 0.6 is 7.82 Å². The summed E-state index contributed by atoms with van der Waals surface area (Å²) in [6.07, 6.45) is 43.6. The summed E-state index contributed by atoms with van der Waals surface area (Å²) in [5.41, 5.74) is 5.36. The van der Waals surface area contributed by atoms with Crippen LogP contribution in [0.25, 0.3) is 0 Å². The Bertz CT molecular complexity index is 961. The third kappa shape index (κ3) is 37.6. The van der Waals surface area contributed by atoms with Crippen molar-refractivity contribution in [1.29, 1.82) is 0 Å². The molecule has 10 heteroatoms. The van der Waals surface area contributed by atoms with Gasteiger partial charge in [0.25, 0.3) is 0 Å². The van der Waals surface area contributed by atoms with E-state index in [1.54, 1.807) is 6.08 Å². The highest BCUT2D eigenvalue weighted by Crippen LogP contribution is 2.43. The minimum Gasteiger partial charge on any atom is -0.393 e. The summed E-state index contributed by atoms with van der Waals surface area (Å²) in [7, 11) is -4.40. The number of nitrogens with two attached hydrogens (primary N) is 1. The molecule has 0 aliphatic heterocycles. The zero-order valence-electron chi connectivity index (χ0n) is 34.8. The number of nitrogens with one attached hydrogen (secondary N) is 1. The maximum absolute atomic E-state index is 12.8. The van der Waals surface area contributed by atoms with E-state index in [2.05, 4.69) is 43.5 Å². The summed E-state index contributed by atoms with van der Waals surface area (Å²) in [5.74, 6) is -0.454. The number of unbranched alkanes of at least 4 members (excludes halogenated alkanes) is 23. The van der Waals surface area contributed by atoms with E-state index in [1.165, 1.54) is 109 Å². The van der Waals surface area contributed by atoms with Gasteiger partial charge in [0, 0.05) is 6.54 Å². The molecule has 0 saturated carbocycles. The first kappa shape index (κ1) is 52.7. The average Bonchev–Trinajstić information content (AvgIpc) is 3.15. The van der Waals surface area contributed by atoms with Gasteiger partial charge in [-0.3, -0.25) is 13.8 Å². The normalized spacial score (nSPS) is 15.0. The number of carbonyl (C=O) groups is 1. The van der Waals surface area contributed by atoms with E-state index in [1.807, 2.05) is 6.08 Å². The lowest BCUT2D eigenvalue weighted by atomic mass is 10.0. The van der Waals surface area contributed by atoms with Gasteiger partial charge < -0.3 is 26.2 Å². The quantitative estimate of drug-likeness (QED) is 0.0233. The average molecular weight is 785 g/mol. The summed E-state index contributed by atoms with van der Waals surface area (Å²) in [5, 5.41) is 24.0. The largest absolute Gasteiger partial charge is 0.472 e. The zero-order chi connectivity index (χ0) is 39.8. The van der Waals surface area contributed by atoms with E-state index < -0.39 is 38.6 Å². The Labute approximate surface area is 332 Å². The molecule has 0 heterocycles. The number of rotatable bonds is 41. The molecule has 0 radical (unpaired) electrons. The number of hydrogen-bond donors (Lipinski definition) is 5. The SMILES string of the molecule is CCCCC/C=C\C/C=C\CCCCCCCC(O)CC(=O)NC(COP(=O)(O)OCCN)C(O)/C=C/CCCCCCCCCCCCCCCCC. The molecule has 4 unspecified atom stereocenters. The van der Waals surface area contributed by atoms with Crippen molar-refractivity contribution < 1.29 is 33.5 Å². The van der Waals surface area contributed by atoms with Crippen LogP contribution in [0.2, 0.25) is 0 Å². The van der Waals surface area contributed by atoms with Gasteiger partial charge in [0.1, 0.15) is 0 Å². The molecule has 4 atom stereocenters. The molecule has 0 fully saturated rings. The number of amides is 1. The number of aliphatic hydroxyl groups excluding tert-OH is 2. The number of carbonyl (C=O) groups excluding carboxylic acids is 1. The van der Waals surface area contributed by atoms with Gasteiger partial charge in [0.05, 0.1) is 37.9 Å². The summed E-state index contributed by atoms with van der Waals surface area (Å²) in [4.78, 5) is 22.8. The highest BCUT2D eigenvalue weighted by atomic mass is 31.2. The van der Waals surface area contributed by atoms with Crippen molar-refractivity contribution in [2.24, 2.45) is 5.73 Å². The van der Waals surface area contributed by atoms with E-state index in [0.29, 0.717) is 6.42 Å². The second kappa shape index (κ2) is 39.9. The second-order valence-corrected chi connectivity index (χ2v) is 16.5. The van der Waals surface area contributed by atoms with E-state index in [0.717, 1.165) is 64.2 Å². The molecule has 9 nitrogen and oxygen atoms in total. The van der Waals surface area contributed by atoms with Crippen LogP contribution in [0.15, 0.2) is 36.5 Å². The van der Waals surface area contributed by atoms with E-state index in [-0.39, 0.29) is 19.6 Å². The molecule has 0 bridgehead atoms. The first-order chi connectivity index (χ1) is 26.3. The minimum atomic E-state index is -4.40. The predicted octanol–water partition coefficient (Wildman–Crippen LogP) is 11.3. The summed E-state index contributed by atoms with van der Waals surface area (Å²) in [6, 6.07) is -0.986. The molecular weight excluding hydrogens is 699 g/mol. The molecule has 318 valence electrons. The van der Waals surface area contributed by atoms with Crippen molar-refractivity contribution in [2.75, 3.05) is 19.8 Å². The molecular formula is C44H85N2O7P. The summed E-state index contributed by atoms with van der Waals surface area (Å²) >= 11 is 0. The van der Waals surface area contributed by atoms with Gasteiger partial charge in [-0.15, -0.1) is 0 Å². The molecule has 0 aromatic rings. The lowest BCUT2D eigenvalue weighted by Gasteiger charge is -2.24. The van der Waals surface area contributed by atoms with Gasteiger partial charge in [0.15, 0.2) is 0 Å². The number of aliphatic hydroxyl groups is 2. The number of phosphoric ester groups is 1. The Morgan fingerprint density at radius 2 is 1.09 bits per heavy atom. The third-order valence-electron chi connectivity index (χ3n) is 9.76. The van der Waals surface area contributed by atoms with Gasteiger partial charge in [0.2, 0.25) is 5.91 Å². The van der Waals surface area contributed by atoms with Gasteiger partial charge in [-0.25, -0.2) is 4.57 Å². The van der Waals surface area contributed by atoms with Gasteiger partial charge in [-0.2, -0.15) is 0 Å². The first-order valence-electron chi connectivity index (χ1n) is 22.2. The number of phosphoric acid groups is 1. The predicted molar refractivity (Wildman–Crippen MR) is 227 cm³/mol. The molecule has 0 aliphatic carbocycles. The Morgan fingerprint density at radius 3 is 1.61 bits per heavy atom. The number of allylic oxidation sites excluding steroid dienone is 5. The Hall–Kier alpha value is -1.32. The van der Waals surface area contributed by atoms with Crippen molar-refractivity contribution in [1.82, 2.24) is 5.32 Å². The second-order valence-electron chi connectivity index (χ2n) is 15.1. The van der Waals surface area contributed by atoms with E-state index in [9.17, 15) is 24.5 Å². The molecule has 54 heavy (non-hydrogen) atoms. The fourth-order valence-electron chi connectivity index (χ4n) is 6.38. The smallest absolute Gasteiger partial charge is 0.393 e. The maximum Gasteiger partial charge on any atom is 0.472 e. The van der Waals surface area contributed by atoms with Crippen LogP contribution in [-0.4, -0.2) is 59.0 Å². The van der Waals surface area contributed by atoms with E-state index in [4.69, 9.17) is 14.8 Å². The molecule has 0 spiro atoms. The fourth-order valence-corrected chi connectivity index (χ4v) is 7.14. The topological polar surface area (TPSA) is 151 Å². The summed E-state index contributed by atoms with van der Waals surface area (Å²) in [6.45, 7) is 3.94. The molecule has 0 saturated heterocycles. The molecule has 0 aromatic heterocycles. The molecule has 1 amide bonds. The van der Waals surface area contributed by atoms with Crippen LogP contribution in [0.1, 0.15) is 200 Å². The van der Waals surface area contributed by atoms with Gasteiger partial charge in [-0.1, -0.05) is 179 Å². The molecule has 0 aromatic carbocycles. The number of hydrogen-bond acceptors (Lipinski definition) is 7. The summed E-state index contributed by atoms with van der Waals surface area (Å²) < 4.78 is 22.1. The Balaban J connectivity index is 4.35. The van der Waals surface area contributed by atoms with Crippen LogP contribution in [-0.2, 0) is 18.4 Å². The monoisotopic (exact) mass is 785 g/mol.